The van der Waals surface area contributed by atoms with Crippen LogP contribution < -0.4 is 5.32 Å². The molecule has 0 radical (unpaired) electrons. The Hall–Kier alpha value is -0.900. The minimum atomic E-state index is 0.307. The van der Waals surface area contributed by atoms with Gasteiger partial charge in [0.05, 0.1) is 6.04 Å². The molecule has 1 atom stereocenters. The van der Waals surface area contributed by atoms with E-state index in [0.717, 1.165) is 37.5 Å². The van der Waals surface area contributed by atoms with Crippen LogP contribution in [-0.2, 0) is 6.42 Å². The number of rotatable bonds is 3. The molecule has 4 nitrogen and oxygen atoms in total. The third-order valence-corrected chi connectivity index (χ3v) is 2.82. The molecule has 84 valence electrons. The number of aromatic nitrogens is 2. The van der Waals surface area contributed by atoms with E-state index in [2.05, 4.69) is 22.4 Å². The predicted molar refractivity (Wildman–Crippen MR) is 57.5 cm³/mol. The number of nitrogens with one attached hydrogen (secondary N) is 1. The Morgan fingerprint density at radius 3 is 3.20 bits per heavy atom. The van der Waals surface area contributed by atoms with Gasteiger partial charge in [0.25, 0.3) is 0 Å². The molecular weight excluding hydrogens is 190 g/mol. The van der Waals surface area contributed by atoms with Crippen LogP contribution in [0.1, 0.15) is 56.8 Å². The van der Waals surface area contributed by atoms with Gasteiger partial charge in [-0.1, -0.05) is 24.9 Å². The van der Waals surface area contributed by atoms with Gasteiger partial charge in [-0.2, -0.15) is 4.98 Å². The average Bonchev–Trinajstić information content (AvgIpc) is 2.53. The van der Waals surface area contributed by atoms with Crippen molar-refractivity contribution in [3.63, 3.8) is 0 Å². The van der Waals surface area contributed by atoms with Gasteiger partial charge >= 0.3 is 0 Å². The van der Waals surface area contributed by atoms with Gasteiger partial charge in [0.1, 0.15) is 0 Å². The molecule has 0 spiro atoms. The lowest BCUT2D eigenvalue weighted by Gasteiger charge is -2.09. The zero-order valence-electron chi connectivity index (χ0n) is 9.33. The molecule has 1 N–H and O–H groups in total. The molecular formula is C11H19N3O. The summed E-state index contributed by atoms with van der Waals surface area (Å²) in [5.41, 5.74) is 0. The molecule has 1 fully saturated rings. The van der Waals surface area contributed by atoms with E-state index < -0.39 is 0 Å². The van der Waals surface area contributed by atoms with Crippen molar-refractivity contribution in [3.05, 3.63) is 11.7 Å². The largest absolute Gasteiger partial charge is 0.339 e. The Balaban J connectivity index is 2.00. The molecule has 2 heterocycles. The van der Waals surface area contributed by atoms with Gasteiger partial charge < -0.3 is 9.84 Å². The quantitative estimate of drug-likeness (QED) is 0.829. The van der Waals surface area contributed by atoms with Crippen LogP contribution in [0.4, 0.5) is 0 Å². The van der Waals surface area contributed by atoms with Gasteiger partial charge in [0, 0.05) is 6.42 Å². The summed E-state index contributed by atoms with van der Waals surface area (Å²) in [6.07, 6.45) is 6.90. The molecule has 2 rings (SSSR count). The second kappa shape index (κ2) is 5.26. The predicted octanol–water partition coefficient (Wildman–Crippen LogP) is 2.23. The number of hydrogen-bond acceptors (Lipinski definition) is 4. The highest BCUT2D eigenvalue weighted by Gasteiger charge is 2.18. The zero-order chi connectivity index (χ0) is 10.5. The van der Waals surface area contributed by atoms with Crippen molar-refractivity contribution in [1.82, 2.24) is 15.5 Å². The minimum absolute atomic E-state index is 0.307. The van der Waals surface area contributed by atoms with Crippen LogP contribution in [0.2, 0.25) is 0 Å². The maximum atomic E-state index is 5.20. The van der Waals surface area contributed by atoms with Gasteiger partial charge in [-0.15, -0.1) is 0 Å². The first-order valence-electron chi connectivity index (χ1n) is 5.96. The van der Waals surface area contributed by atoms with Crippen LogP contribution in [0.15, 0.2) is 4.52 Å². The fraction of sp³-hybridized carbons (Fsp3) is 0.818. The molecule has 4 heteroatoms. The maximum Gasteiger partial charge on any atom is 0.226 e. The standard InChI is InChI=1S/C11H19N3O/c1-2-6-10-13-11(14-15-10)9-7-4-3-5-8-12-9/h9,12H,2-8H2,1H3/t9-/m1/s1. The van der Waals surface area contributed by atoms with Crippen molar-refractivity contribution in [2.24, 2.45) is 0 Å². The minimum Gasteiger partial charge on any atom is -0.339 e. The van der Waals surface area contributed by atoms with E-state index in [-0.39, 0.29) is 0 Å². The van der Waals surface area contributed by atoms with E-state index in [0.29, 0.717) is 6.04 Å². The second-order valence-electron chi connectivity index (χ2n) is 4.15. The molecule has 0 unspecified atom stereocenters. The lowest BCUT2D eigenvalue weighted by atomic mass is 10.1. The van der Waals surface area contributed by atoms with Crippen molar-refractivity contribution < 1.29 is 4.52 Å². The van der Waals surface area contributed by atoms with E-state index in [1.54, 1.807) is 0 Å². The van der Waals surface area contributed by atoms with Crippen LogP contribution >= 0.6 is 0 Å². The van der Waals surface area contributed by atoms with E-state index in [9.17, 15) is 0 Å². The van der Waals surface area contributed by atoms with E-state index in [1.807, 2.05) is 0 Å². The third-order valence-electron chi connectivity index (χ3n) is 2.82. The van der Waals surface area contributed by atoms with Gasteiger partial charge in [0.15, 0.2) is 5.82 Å². The zero-order valence-corrected chi connectivity index (χ0v) is 9.33. The first-order valence-corrected chi connectivity index (χ1v) is 5.96. The monoisotopic (exact) mass is 209 g/mol. The molecule has 1 saturated heterocycles. The molecule has 0 aromatic carbocycles. The van der Waals surface area contributed by atoms with Crippen LogP contribution in [0.3, 0.4) is 0 Å². The number of aryl methyl sites for hydroxylation is 1. The summed E-state index contributed by atoms with van der Waals surface area (Å²) >= 11 is 0. The summed E-state index contributed by atoms with van der Waals surface area (Å²) in [4.78, 5) is 4.43. The molecule has 15 heavy (non-hydrogen) atoms. The normalized spacial score (nSPS) is 22.6. The highest BCUT2D eigenvalue weighted by Crippen LogP contribution is 2.20. The third kappa shape index (κ3) is 2.78. The van der Waals surface area contributed by atoms with Crippen LogP contribution in [0.5, 0.6) is 0 Å². The molecule has 1 aliphatic heterocycles. The fourth-order valence-electron chi connectivity index (χ4n) is 1.97. The van der Waals surface area contributed by atoms with Crippen molar-refractivity contribution in [1.29, 1.82) is 0 Å². The van der Waals surface area contributed by atoms with Gasteiger partial charge in [-0.05, 0) is 25.8 Å². The molecule has 0 saturated carbocycles. The van der Waals surface area contributed by atoms with Crippen LogP contribution in [-0.4, -0.2) is 16.7 Å². The Morgan fingerprint density at radius 1 is 1.40 bits per heavy atom. The lowest BCUT2D eigenvalue weighted by molar-refractivity contribution is 0.363. The maximum absolute atomic E-state index is 5.20. The molecule has 1 aromatic heterocycles. The molecule has 1 aromatic rings. The number of nitrogens with zero attached hydrogens (tertiary/aromatic N) is 2. The fourth-order valence-corrected chi connectivity index (χ4v) is 1.97. The summed E-state index contributed by atoms with van der Waals surface area (Å²) < 4.78 is 5.20. The Bertz CT molecular complexity index is 290. The summed E-state index contributed by atoms with van der Waals surface area (Å²) in [5.74, 6) is 1.62. The van der Waals surface area contributed by atoms with Crippen molar-refractivity contribution in [3.8, 4) is 0 Å². The van der Waals surface area contributed by atoms with Crippen LogP contribution in [0.25, 0.3) is 0 Å². The van der Waals surface area contributed by atoms with E-state index >= 15 is 0 Å². The van der Waals surface area contributed by atoms with Gasteiger partial charge in [-0.25, -0.2) is 0 Å². The van der Waals surface area contributed by atoms with Crippen molar-refractivity contribution in [2.45, 2.75) is 51.5 Å². The van der Waals surface area contributed by atoms with Crippen molar-refractivity contribution >= 4 is 0 Å². The highest BCUT2D eigenvalue weighted by atomic mass is 16.5. The molecule has 0 aliphatic carbocycles. The summed E-state index contributed by atoms with van der Waals surface area (Å²) in [6.45, 7) is 3.19. The average molecular weight is 209 g/mol. The first-order chi connectivity index (χ1) is 7.40. The lowest BCUT2D eigenvalue weighted by Crippen LogP contribution is -2.21. The van der Waals surface area contributed by atoms with Gasteiger partial charge in [0.2, 0.25) is 5.89 Å². The van der Waals surface area contributed by atoms with Crippen molar-refractivity contribution in [2.75, 3.05) is 6.54 Å². The highest BCUT2D eigenvalue weighted by molar-refractivity contribution is 4.95. The Morgan fingerprint density at radius 2 is 2.33 bits per heavy atom. The Labute approximate surface area is 90.4 Å². The summed E-state index contributed by atoms with van der Waals surface area (Å²) in [5, 5.41) is 7.52. The topological polar surface area (TPSA) is 51.0 Å². The molecule has 0 amide bonds. The van der Waals surface area contributed by atoms with Crippen LogP contribution in [0, 0.1) is 0 Å². The summed E-state index contributed by atoms with van der Waals surface area (Å²) in [6, 6.07) is 0.307. The second-order valence-corrected chi connectivity index (χ2v) is 4.15. The smallest absolute Gasteiger partial charge is 0.226 e. The van der Waals surface area contributed by atoms with Gasteiger partial charge in [-0.3, -0.25) is 0 Å². The first kappa shape index (κ1) is 10.6. The van der Waals surface area contributed by atoms with E-state index in [1.165, 1.54) is 19.3 Å². The van der Waals surface area contributed by atoms with E-state index in [4.69, 9.17) is 4.52 Å². The Kier molecular flexibility index (Phi) is 3.72. The molecule has 0 bridgehead atoms. The number of hydrogen-bond donors (Lipinski definition) is 1. The summed E-state index contributed by atoms with van der Waals surface area (Å²) in [7, 11) is 0. The molecule has 1 aliphatic rings. The SMILES string of the molecule is CCCc1nc([C@H]2CCCCCN2)no1.